The molecule has 2 aromatic rings. The highest BCUT2D eigenvalue weighted by atomic mass is 19.4. The van der Waals surface area contributed by atoms with Crippen LogP contribution >= 0.6 is 0 Å². The number of hydrogen-bond donors (Lipinski definition) is 1. The lowest BCUT2D eigenvalue weighted by atomic mass is 9.84. The fourth-order valence-electron chi connectivity index (χ4n) is 4.01. The van der Waals surface area contributed by atoms with Crippen molar-refractivity contribution in [2.45, 2.75) is 32.0 Å². The first-order valence-electron chi connectivity index (χ1n) is 9.01. The molecule has 27 heavy (non-hydrogen) atoms. The van der Waals surface area contributed by atoms with Crippen molar-refractivity contribution in [3.63, 3.8) is 0 Å². The number of hydrogen-bond acceptors (Lipinski definition) is 4. The number of aryl methyl sites for hydroxylation is 1. The van der Waals surface area contributed by atoms with Crippen molar-refractivity contribution in [3.05, 3.63) is 41.5 Å². The van der Waals surface area contributed by atoms with Gasteiger partial charge in [-0.3, -0.25) is 0 Å². The Bertz CT molecular complexity index is 844. The van der Waals surface area contributed by atoms with E-state index in [1.807, 2.05) is 0 Å². The van der Waals surface area contributed by atoms with Crippen molar-refractivity contribution in [1.82, 2.24) is 14.9 Å². The zero-order valence-electron chi connectivity index (χ0n) is 14.9. The van der Waals surface area contributed by atoms with Gasteiger partial charge in [-0.25, -0.2) is 14.4 Å². The molecule has 2 bridgehead atoms. The van der Waals surface area contributed by atoms with Gasteiger partial charge in [0.05, 0.1) is 11.3 Å². The molecule has 5 rings (SSSR count). The van der Waals surface area contributed by atoms with Crippen LogP contribution in [0.15, 0.2) is 24.4 Å². The van der Waals surface area contributed by atoms with Gasteiger partial charge in [0.1, 0.15) is 5.82 Å². The van der Waals surface area contributed by atoms with Gasteiger partial charge in [0.2, 0.25) is 5.95 Å². The summed E-state index contributed by atoms with van der Waals surface area (Å²) in [6.07, 6.45) is -0.789. The quantitative estimate of drug-likeness (QED) is 0.814. The maximum atomic E-state index is 14.2. The van der Waals surface area contributed by atoms with Gasteiger partial charge in [-0.05, 0) is 50.9 Å². The molecule has 144 valence electrons. The van der Waals surface area contributed by atoms with E-state index < -0.39 is 17.6 Å². The van der Waals surface area contributed by atoms with Crippen LogP contribution in [0, 0.1) is 18.7 Å². The lowest BCUT2D eigenvalue weighted by Gasteiger charge is -2.44. The molecule has 0 amide bonds. The first-order valence-corrected chi connectivity index (χ1v) is 9.01. The minimum Gasteiger partial charge on any atom is -0.350 e. The monoisotopic (exact) mass is 380 g/mol. The van der Waals surface area contributed by atoms with E-state index >= 15 is 0 Å². The van der Waals surface area contributed by atoms with E-state index in [0.717, 1.165) is 44.6 Å². The molecular formula is C19H20F4N4. The van der Waals surface area contributed by atoms with Crippen LogP contribution in [0.1, 0.15) is 24.1 Å². The van der Waals surface area contributed by atoms with Crippen LogP contribution in [-0.2, 0) is 6.18 Å². The minimum absolute atomic E-state index is 0.0647. The van der Waals surface area contributed by atoms with Gasteiger partial charge < -0.3 is 10.2 Å². The number of alkyl halides is 3. The molecule has 3 fully saturated rings. The van der Waals surface area contributed by atoms with Gasteiger partial charge >= 0.3 is 6.18 Å². The molecule has 1 unspecified atom stereocenters. The highest BCUT2D eigenvalue weighted by molar-refractivity contribution is 5.66. The number of nitrogens with zero attached hydrogens (tertiary/aromatic N) is 3. The van der Waals surface area contributed by atoms with Crippen molar-refractivity contribution in [2.75, 3.05) is 25.0 Å². The third-order valence-corrected chi connectivity index (χ3v) is 5.54. The smallest absolute Gasteiger partial charge is 0.350 e. The number of halogens is 4. The maximum absolute atomic E-state index is 14.2. The predicted octanol–water partition coefficient (Wildman–Crippen LogP) is 4.12. The van der Waals surface area contributed by atoms with Crippen LogP contribution in [0.25, 0.3) is 11.1 Å². The van der Waals surface area contributed by atoms with E-state index in [4.69, 9.17) is 0 Å². The zero-order valence-corrected chi connectivity index (χ0v) is 14.9. The topological polar surface area (TPSA) is 41.1 Å². The van der Waals surface area contributed by atoms with Crippen molar-refractivity contribution in [3.8, 4) is 11.1 Å². The van der Waals surface area contributed by atoms with Crippen molar-refractivity contribution in [1.29, 1.82) is 0 Å². The first-order chi connectivity index (χ1) is 12.8. The molecule has 1 N–H and O–H groups in total. The second-order valence-corrected chi connectivity index (χ2v) is 7.27. The van der Waals surface area contributed by atoms with E-state index in [9.17, 15) is 17.6 Å². The summed E-state index contributed by atoms with van der Waals surface area (Å²) >= 11 is 0. The number of fused-ring (bicyclic) bond motifs is 3. The van der Waals surface area contributed by atoms with E-state index in [1.54, 1.807) is 6.92 Å². The predicted molar refractivity (Wildman–Crippen MR) is 93.7 cm³/mol. The molecule has 1 aromatic carbocycles. The molecule has 1 atom stereocenters. The summed E-state index contributed by atoms with van der Waals surface area (Å²) in [5.41, 5.74) is -0.0361. The molecule has 3 aliphatic rings. The SMILES string of the molecule is Cc1nc(NC2CN3CCC2CC3)ncc1-c1ccc(C(F)(F)F)cc1F. The molecule has 4 heterocycles. The van der Waals surface area contributed by atoms with Gasteiger partial charge in [0, 0.05) is 29.9 Å². The first kappa shape index (κ1) is 18.2. The van der Waals surface area contributed by atoms with Gasteiger partial charge in [-0.2, -0.15) is 13.2 Å². The Labute approximate surface area is 154 Å². The number of rotatable bonds is 3. The number of piperidine rings is 3. The Morgan fingerprint density at radius 1 is 1.15 bits per heavy atom. The third kappa shape index (κ3) is 3.63. The van der Waals surface area contributed by atoms with E-state index in [0.29, 0.717) is 35.2 Å². The Kier molecular flexibility index (Phi) is 4.53. The lowest BCUT2D eigenvalue weighted by molar-refractivity contribution is -0.137. The summed E-state index contributed by atoms with van der Waals surface area (Å²) < 4.78 is 52.4. The third-order valence-electron chi connectivity index (χ3n) is 5.54. The minimum atomic E-state index is -4.58. The fraction of sp³-hybridized carbons (Fsp3) is 0.474. The number of aromatic nitrogens is 2. The zero-order chi connectivity index (χ0) is 19.2. The molecule has 0 aliphatic carbocycles. The molecule has 3 saturated heterocycles. The molecular weight excluding hydrogens is 360 g/mol. The number of nitrogens with one attached hydrogen (secondary N) is 1. The normalized spacial score (nSPS) is 24.9. The number of benzene rings is 1. The maximum Gasteiger partial charge on any atom is 0.416 e. The summed E-state index contributed by atoms with van der Waals surface area (Å²) in [6, 6.07) is 2.80. The molecule has 4 nitrogen and oxygen atoms in total. The molecule has 1 aromatic heterocycles. The summed E-state index contributed by atoms with van der Waals surface area (Å²) in [5.74, 6) is 0.142. The van der Waals surface area contributed by atoms with E-state index in [-0.39, 0.29) is 5.56 Å². The van der Waals surface area contributed by atoms with Crippen LogP contribution in [-0.4, -0.2) is 40.5 Å². The van der Waals surface area contributed by atoms with Crippen molar-refractivity contribution >= 4 is 5.95 Å². The number of anilines is 1. The Morgan fingerprint density at radius 3 is 2.44 bits per heavy atom. The summed E-state index contributed by atoms with van der Waals surface area (Å²) in [4.78, 5) is 11.1. The lowest BCUT2D eigenvalue weighted by Crippen LogP contribution is -2.53. The van der Waals surface area contributed by atoms with E-state index in [1.165, 1.54) is 6.20 Å². The second kappa shape index (κ2) is 6.74. The van der Waals surface area contributed by atoms with Gasteiger partial charge in [-0.15, -0.1) is 0 Å². The summed E-state index contributed by atoms with van der Waals surface area (Å²) in [6.45, 7) is 4.93. The van der Waals surface area contributed by atoms with Gasteiger partial charge in [0.25, 0.3) is 0 Å². The Morgan fingerprint density at radius 2 is 1.89 bits per heavy atom. The van der Waals surface area contributed by atoms with Crippen LogP contribution in [0.5, 0.6) is 0 Å². The van der Waals surface area contributed by atoms with Crippen LogP contribution in [0.3, 0.4) is 0 Å². The molecule has 3 aliphatic heterocycles. The molecule has 8 heteroatoms. The van der Waals surface area contributed by atoms with Crippen molar-refractivity contribution in [2.24, 2.45) is 5.92 Å². The Balaban J connectivity index is 1.55. The highest BCUT2D eigenvalue weighted by Crippen LogP contribution is 2.34. The standard InChI is InChI=1S/C19H20F4N4/c1-11-15(14-3-2-13(8-16(14)20)19(21,22)23)9-24-18(25-11)26-17-10-27-6-4-12(17)5-7-27/h2-3,8-9,12,17H,4-7,10H2,1H3,(H,24,25,26). The van der Waals surface area contributed by atoms with Crippen LogP contribution < -0.4 is 5.32 Å². The van der Waals surface area contributed by atoms with Gasteiger partial charge in [-0.1, -0.05) is 6.07 Å². The van der Waals surface area contributed by atoms with Crippen LogP contribution in [0.4, 0.5) is 23.5 Å². The van der Waals surface area contributed by atoms with Crippen molar-refractivity contribution < 1.29 is 17.6 Å². The second-order valence-electron chi connectivity index (χ2n) is 7.27. The average Bonchev–Trinajstić information content (AvgIpc) is 2.63. The summed E-state index contributed by atoms with van der Waals surface area (Å²) in [5, 5.41) is 3.37. The molecule has 0 radical (unpaired) electrons. The molecule has 0 saturated carbocycles. The van der Waals surface area contributed by atoms with Gasteiger partial charge in [0.15, 0.2) is 0 Å². The largest absolute Gasteiger partial charge is 0.416 e. The summed E-state index contributed by atoms with van der Waals surface area (Å²) in [7, 11) is 0. The highest BCUT2D eigenvalue weighted by Gasteiger charge is 2.34. The fourth-order valence-corrected chi connectivity index (χ4v) is 4.01. The van der Waals surface area contributed by atoms with Crippen LogP contribution in [0.2, 0.25) is 0 Å². The molecule has 0 spiro atoms. The Hall–Kier alpha value is -2.22. The average molecular weight is 380 g/mol. The van der Waals surface area contributed by atoms with E-state index in [2.05, 4.69) is 20.2 Å².